The van der Waals surface area contributed by atoms with Crippen LogP contribution >= 0.6 is 38.9 Å². The molecule has 6 heteroatoms. The van der Waals surface area contributed by atoms with E-state index in [0.717, 1.165) is 0 Å². The second-order valence-electron chi connectivity index (χ2n) is 3.68. The lowest BCUT2D eigenvalue weighted by Gasteiger charge is -2.09. The summed E-state index contributed by atoms with van der Waals surface area (Å²) >= 11 is 10.3. The zero-order valence-electron chi connectivity index (χ0n) is 9.65. The first kappa shape index (κ1) is 14.2. The van der Waals surface area contributed by atoms with Crippen molar-refractivity contribution in [2.45, 2.75) is 0 Å². The van der Waals surface area contributed by atoms with E-state index in [9.17, 15) is 9.59 Å². The first-order valence-electron chi connectivity index (χ1n) is 5.35. The number of alkyl halides is 1. The number of thiophene rings is 1. The van der Waals surface area contributed by atoms with E-state index in [2.05, 4.69) is 21.2 Å². The number of hydrogen-bond acceptors (Lipinski definition) is 3. The average molecular weight is 359 g/mol. The summed E-state index contributed by atoms with van der Waals surface area (Å²) in [6.07, 6.45) is 0. The van der Waals surface area contributed by atoms with Gasteiger partial charge in [-0.1, -0.05) is 33.6 Å². The van der Waals surface area contributed by atoms with Crippen LogP contribution in [0.25, 0.3) is 0 Å². The third kappa shape index (κ3) is 3.43. The Morgan fingerprint density at radius 2 is 2.11 bits per heavy atom. The zero-order valence-corrected chi connectivity index (χ0v) is 12.8. The van der Waals surface area contributed by atoms with E-state index in [4.69, 9.17) is 11.6 Å². The van der Waals surface area contributed by atoms with Crippen LogP contribution in [0.1, 0.15) is 15.2 Å². The van der Waals surface area contributed by atoms with Crippen LogP contribution in [0.2, 0.25) is 5.02 Å². The van der Waals surface area contributed by atoms with Gasteiger partial charge >= 0.3 is 0 Å². The number of hydrogen-bond donors (Lipinski definition) is 1. The van der Waals surface area contributed by atoms with E-state index in [-0.39, 0.29) is 17.0 Å². The molecule has 0 aliphatic rings. The highest BCUT2D eigenvalue weighted by molar-refractivity contribution is 9.09. The molecule has 1 heterocycles. The van der Waals surface area contributed by atoms with E-state index in [0.29, 0.717) is 21.2 Å². The molecule has 19 heavy (non-hydrogen) atoms. The number of carbonyl (C=O) groups excluding carboxylic acids is 2. The van der Waals surface area contributed by atoms with E-state index < -0.39 is 0 Å². The van der Waals surface area contributed by atoms with E-state index >= 15 is 0 Å². The number of anilines is 1. The SMILES string of the molecule is O=C(CBr)Nc1ccc(Cl)cc1C(=O)c1cccs1. The Hall–Kier alpha value is -1.17. The van der Waals surface area contributed by atoms with Crippen LogP contribution in [-0.2, 0) is 4.79 Å². The fourth-order valence-corrected chi connectivity index (χ4v) is 2.53. The summed E-state index contributed by atoms with van der Waals surface area (Å²) in [4.78, 5) is 24.4. The highest BCUT2D eigenvalue weighted by Gasteiger charge is 2.16. The maximum Gasteiger partial charge on any atom is 0.235 e. The van der Waals surface area contributed by atoms with Crippen molar-refractivity contribution >= 4 is 56.2 Å². The third-order valence-electron chi connectivity index (χ3n) is 2.37. The van der Waals surface area contributed by atoms with Gasteiger partial charge in [-0.3, -0.25) is 9.59 Å². The van der Waals surface area contributed by atoms with E-state index in [1.807, 2.05) is 5.38 Å². The van der Waals surface area contributed by atoms with Gasteiger partial charge in [-0.25, -0.2) is 0 Å². The Bertz CT molecular complexity index is 613. The molecule has 1 aromatic carbocycles. The van der Waals surface area contributed by atoms with Crippen LogP contribution in [0, 0.1) is 0 Å². The number of ketones is 1. The van der Waals surface area contributed by atoms with Crippen LogP contribution in [0.4, 0.5) is 5.69 Å². The topological polar surface area (TPSA) is 46.2 Å². The molecule has 0 saturated carbocycles. The second-order valence-corrected chi connectivity index (χ2v) is 5.62. The molecule has 0 aliphatic carbocycles. The van der Waals surface area contributed by atoms with Crippen LogP contribution in [0.15, 0.2) is 35.7 Å². The zero-order chi connectivity index (χ0) is 13.8. The molecule has 2 aromatic rings. The van der Waals surface area contributed by atoms with E-state index in [1.165, 1.54) is 11.3 Å². The number of rotatable bonds is 4. The van der Waals surface area contributed by atoms with Crippen molar-refractivity contribution in [3.05, 3.63) is 51.2 Å². The lowest BCUT2D eigenvalue weighted by Crippen LogP contribution is -2.15. The molecular weight excluding hydrogens is 350 g/mol. The largest absolute Gasteiger partial charge is 0.325 e. The summed E-state index contributed by atoms with van der Waals surface area (Å²) in [5.74, 6) is -0.370. The predicted molar refractivity (Wildman–Crippen MR) is 81.6 cm³/mol. The standard InChI is InChI=1S/C13H9BrClNO2S/c14-7-12(17)16-10-4-3-8(15)6-9(10)13(18)11-2-1-5-19-11/h1-6H,7H2,(H,16,17). The van der Waals surface area contributed by atoms with Gasteiger partial charge in [0.15, 0.2) is 0 Å². The third-order valence-corrected chi connectivity index (χ3v) is 3.98. The van der Waals surface area contributed by atoms with Gasteiger partial charge in [-0.2, -0.15) is 0 Å². The van der Waals surface area contributed by atoms with Gasteiger partial charge in [-0.15, -0.1) is 11.3 Å². The molecular formula is C13H9BrClNO2S. The highest BCUT2D eigenvalue weighted by atomic mass is 79.9. The summed E-state index contributed by atoms with van der Waals surface area (Å²) in [5.41, 5.74) is 0.858. The molecule has 0 unspecified atom stereocenters. The summed E-state index contributed by atoms with van der Waals surface area (Å²) < 4.78 is 0. The van der Waals surface area contributed by atoms with Crippen molar-refractivity contribution in [3.8, 4) is 0 Å². The van der Waals surface area contributed by atoms with E-state index in [1.54, 1.807) is 30.3 Å². The van der Waals surface area contributed by atoms with Gasteiger partial charge in [0.25, 0.3) is 0 Å². The van der Waals surface area contributed by atoms with Crippen molar-refractivity contribution in [3.63, 3.8) is 0 Å². The molecule has 3 nitrogen and oxygen atoms in total. The maximum atomic E-state index is 12.3. The summed E-state index contributed by atoms with van der Waals surface area (Å²) in [6.45, 7) is 0. The van der Waals surface area contributed by atoms with Crippen molar-refractivity contribution in [1.29, 1.82) is 0 Å². The quantitative estimate of drug-likeness (QED) is 0.664. The molecule has 98 valence electrons. The predicted octanol–water partition coefficient (Wildman–Crippen LogP) is 3.97. The molecule has 0 saturated heterocycles. The first-order chi connectivity index (χ1) is 9.11. The number of carbonyl (C=O) groups is 2. The van der Waals surface area contributed by atoms with Crippen LogP contribution in [0.5, 0.6) is 0 Å². The lowest BCUT2D eigenvalue weighted by atomic mass is 10.1. The van der Waals surface area contributed by atoms with Gasteiger partial charge < -0.3 is 5.32 Å². The Labute approximate surface area is 127 Å². The van der Waals surface area contributed by atoms with Gasteiger partial charge in [0, 0.05) is 10.6 Å². The number of nitrogens with one attached hydrogen (secondary N) is 1. The summed E-state index contributed by atoms with van der Waals surface area (Å²) in [7, 11) is 0. The molecule has 1 aromatic heterocycles. The molecule has 0 atom stereocenters. The van der Waals surface area contributed by atoms with Gasteiger partial charge in [0.2, 0.25) is 11.7 Å². The average Bonchev–Trinajstić information content (AvgIpc) is 2.93. The highest BCUT2D eigenvalue weighted by Crippen LogP contribution is 2.25. The van der Waals surface area contributed by atoms with Crippen molar-refractivity contribution in [2.75, 3.05) is 10.6 Å². The number of halogens is 2. The Balaban J connectivity index is 2.40. The smallest absolute Gasteiger partial charge is 0.235 e. The van der Waals surface area contributed by atoms with Crippen molar-refractivity contribution in [2.24, 2.45) is 0 Å². The van der Waals surface area contributed by atoms with Crippen molar-refractivity contribution < 1.29 is 9.59 Å². The van der Waals surface area contributed by atoms with Crippen LogP contribution < -0.4 is 5.32 Å². The number of amides is 1. The fraction of sp³-hybridized carbons (Fsp3) is 0.0769. The molecule has 0 aliphatic heterocycles. The minimum Gasteiger partial charge on any atom is -0.325 e. The molecule has 1 amide bonds. The molecule has 0 radical (unpaired) electrons. The van der Waals surface area contributed by atoms with Crippen LogP contribution in [0.3, 0.4) is 0 Å². The number of benzene rings is 1. The Morgan fingerprint density at radius 3 is 2.74 bits per heavy atom. The molecule has 1 N–H and O–H groups in total. The molecule has 0 spiro atoms. The normalized spacial score (nSPS) is 10.2. The van der Waals surface area contributed by atoms with Gasteiger partial charge in [0.05, 0.1) is 15.9 Å². The molecule has 2 rings (SSSR count). The second kappa shape index (κ2) is 6.32. The molecule has 0 fully saturated rings. The van der Waals surface area contributed by atoms with Crippen LogP contribution in [-0.4, -0.2) is 17.0 Å². The minimum atomic E-state index is -0.220. The van der Waals surface area contributed by atoms with Crippen molar-refractivity contribution in [1.82, 2.24) is 0 Å². The minimum absolute atomic E-state index is 0.151. The van der Waals surface area contributed by atoms with Gasteiger partial charge in [-0.05, 0) is 29.6 Å². The Kier molecular flexibility index (Phi) is 4.74. The lowest BCUT2D eigenvalue weighted by molar-refractivity contribution is -0.113. The summed E-state index contributed by atoms with van der Waals surface area (Å²) in [6, 6.07) is 8.37. The Morgan fingerprint density at radius 1 is 1.32 bits per heavy atom. The monoisotopic (exact) mass is 357 g/mol. The maximum absolute atomic E-state index is 12.3. The fourth-order valence-electron chi connectivity index (χ4n) is 1.54. The molecule has 0 bridgehead atoms. The van der Waals surface area contributed by atoms with Gasteiger partial charge in [0.1, 0.15) is 0 Å². The first-order valence-corrected chi connectivity index (χ1v) is 7.73. The summed E-state index contributed by atoms with van der Waals surface area (Å²) in [5, 5.41) is 5.12.